The maximum atomic E-state index is 13.2. The lowest BCUT2D eigenvalue weighted by molar-refractivity contribution is -0.137. The number of nitrogens with two attached hydrogens (primary N) is 1. The van der Waals surface area contributed by atoms with E-state index in [0.717, 1.165) is 18.6 Å². The maximum absolute atomic E-state index is 13.2. The lowest BCUT2D eigenvalue weighted by atomic mass is 9.86. The number of alkyl halides is 3. The number of amides is 2. The van der Waals surface area contributed by atoms with Gasteiger partial charge in [-0.05, 0) is 43.9 Å². The minimum Gasteiger partial charge on any atom is -0.358 e. The molecule has 1 aromatic heterocycles. The average Bonchev–Trinajstić information content (AvgIpc) is 3.13. The molecular formula is C22H27F3N6O2. The molecule has 1 saturated heterocycles. The molecule has 4 N–H and O–H groups in total. The molecule has 2 fully saturated rings. The number of nitrogens with one attached hydrogen (secondary N) is 2. The van der Waals surface area contributed by atoms with Gasteiger partial charge in [-0.25, -0.2) is 9.97 Å². The van der Waals surface area contributed by atoms with Crippen LogP contribution in [0.25, 0.3) is 10.9 Å². The largest absolute Gasteiger partial charge is 0.416 e. The number of benzene rings is 1. The number of hydrogen-bond donors (Lipinski definition) is 3. The van der Waals surface area contributed by atoms with Gasteiger partial charge < -0.3 is 21.3 Å². The molecule has 2 amide bonds. The minimum absolute atomic E-state index is 0.0368. The minimum atomic E-state index is -4.50. The van der Waals surface area contributed by atoms with E-state index < -0.39 is 17.8 Å². The van der Waals surface area contributed by atoms with Crippen molar-refractivity contribution in [1.82, 2.24) is 20.2 Å². The number of halogens is 3. The van der Waals surface area contributed by atoms with E-state index in [1.54, 1.807) is 11.8 Å². The van der Waals surface area contributed by atoms with E-state index in [1.165, 1.54) is 12.4 Å². The second kappa shape index (κ2) is 9.12. The molecule has 1 saturated carbocycles. The number of hydrogen-bond acceptors (Lipinski definition) is 6. The molecule has 2 aliphatic rings. The molecule has 8 nitrogen and oxygen atoms in total. The van der Waals surface area contributed by atoms with Crippen molar-refractivity contribution in [2.75, 3.05) is 11.9 Å². The first-order chi connectivity index (χ1) is 15.7. The summed E-state index contributed by atoms with van der Waals surface area (Å²) in [4.78, 5) is 35.1. The first-order valence-electron chi connectivity index (χ1n) is 11.1. The number of carbonyl (C=O) groups excluding carboxylic acids is 2. The van der Waals surface area contributed by atoms with E-state index in [-0.39, 0.29) is 41.1 Å². The Kier molecular flexibility index (Phi) is 6.42. The van der Waals surface area contributed by atoms with Crippen molar-refractivity contribution in [3.63, 3.8) is 0 Å². The normalized spacial score (nSPS) is 26.0. The number of rotatable bonds is 5. The highest BCUT2D eigenvalue weighted by Gasteiger charge is 2.42. The Morgan fingerprint density at radius 1 is 1.24 bits per heavy atom. The Balaban J connectivity index is 1.54. The molecule has 1 aliphatic carbocycles. The third-order valence-electron chi connectivity index (χ3n) is 6.44. The highest BCUT2D eigenvalue weighted by Crippen LogP contribution is 2.33. The van der Waals surface area contributed by atoms with Crippen LogP contribution < -0.4 is 16.4 Å². The standard InChI is InChI=1S/C22H27F3N6O2/c1-2-19(32)29-17-10-13(26)4-6-18(17)31-8-7-16(21(31)33)30-20-14-9-12(22(23,24)25)3-5-15(14)27-11-28-20/h3,5,9,11,13,16-18H,2,4,6-8,10,26H2,1H3,(H,29,32)(H,27,28,30)/t13-,16+,17-,18+/m1/s1. The van der Waals surface area contributed by atoms with Crippen LogP contribution >= 0.6 is 0 Å². The first-order valence-corrected chi connectivity index (χ1v) is 11.1. The average molecular weight is 464 g/mol. The van der Waals surface area contributed by atoms with Crippen LogP contribution in [0.4, 0.5) is 19.0 Å². The van der Waals surface area contributed by atoms with Crippen molar-refractivity contribution in [1.29, 1.82) is 0 Å². The van der Waals surface area contributed by atoms with Gasteiger partial charge in [0.1, 0.15) is 18.2 Å². The summed E-state index contributed by atoms with van der Waals surface area (Å²) in [6.45, 7) is 2.25. The molecule has 0 radical (unpaired) electrons. The lowest BCUT2D eigenvalue weighted by Crippen LogP contribution is -2.57. The first kappa shape index (κ1) is 23.2. The van der Waals surface area contributed by atoms with Gasteiger partial charge >= 0.3 is 6.18 Å². The second-order valence-electron chi connectivity index (χ2n) is 8.64. The smallest absolute Gasteiger partial charge is 0.358 e. The van der Waals surface area contributed by atoms with Crippen LogP contribution in [-0.4, -0.2) is 57.4 Å². The highest BCUT2D eigenvalue weighted by atomic mass is 19.4. The zero-order chi connectivity index (χ0) is 23.8. The summed E-state index contributed by atoms with van der Waals surface area (Å²) in [7, 11) is 0. The molecule has 33 heavy (non-hydrogen) atoms. The van der Waals surface area contributed by atoms with Crippen molar-refractivity contribution in [3.8, 4) is 0 Å². The Morgan fingerprint density at radius 2 is 2.03 bits per heavy atom. The van der Waals surface area contributed by atoms with Gasteiger partial charge in [-0.15, -0.1) is 0 Å². The van der Waals surface area contributed by atoms with Crippen LogP contribution in [0.2, 0.25) is 0 Å². The molecule has 2 heterocycles. The van der Waals surface area contributed by atoms with E-state index in [4.69, 9.17) is 5.73 Å². The van der Waals surface area contributed by atoms with Crippen molar-refractivity contribution < 1.29 is 22.8 Å². The number of likely N-dealkylation sites (tertiary alicyclic amines) is 1. The quantitative estimate of drug-likeness (QED) is 0.627. The van der Waals surface area contributed by atoms with Crippen LogP contribution in [0.5, 0.6) is 0 Å². The molecule has 1 aromatic carbocycles. The Hall–Kier alpha value is -2.95. The fraction of sp³-hybridized carbons (Fsp3) is 0.545. The van der Waals surface area contributed by atoms with Crippen LogP contribution in [0.1, 0.15) is 44.6 Å². The summed E-state index contributed by atoms with van der Waals surface area (Å²) in [5.74, 6) is -0.0638. The molecule has 4 rings (SSSR count). The van der Waals surface area contributed by atoms with E-state index >= 15 is 0 Å². The molecule has 0 bridgehead atoms. The molecule has 4 atom stereocenters. The Morgan fingerprint density at radius 3 is 2.76 bits per heavy atom. The van der Waals surface area contributed by atoms with Crippen molar-refractivity contribution in [2.24, 2.45) is 5.73 Å². The van der Waals surface area contributed by atoms with Gasteiger partial charge in [0, 0.05) is 24.4 Å². The summed E-state index contributed by atoms with van der Waals surface area (Å²) in [5.41, 5.74) is 5.65. The van der Waals surface area contributed by atoms with Crippen molar-refractivity contribution in [3.05, 3.63) is 30.1 Å². The van der Waals surface area contributed by atoms with Gasteiger partial charge in [0.05, 0.1) is 23.2 Å². The number of carbonyl (C=O) groups is 2. The van der Waals surface area contributed by atoms with Gasteiger partial charge in [-0.3, -0.25) is 9.59 Å². The second-order valence-corrected chi connectivity index (χ2v) is 8.64. The Bertz CT molecular complexity index is 1050. The number of nitrogens with zero attached hydrogens (tertiary/aromatic N) is 3. The topological polar surface area (TPSA) is 113 Å². The van der Waals surface area contributed by atoms with Crippen LogP contribution in [0.3, 0.4) is 0 Å². The fourth-order valence-electron chi connectivity index (χ4n) is 4.70. The van der Waals surface area contributed by atoms with Gasteiger partial charge in [0.15, 0.2) is 0 Å². The van der Waals surface area contributed by atoms with Gasteiger partial charge in [0.2, 0.25) is 11.8 Å². The summed E-state index contributed by atoms with van der Waals surface area (Å²) in [5, 5.41) is 6.23. The summed E-state index contributed by atoms with van der Waals surface area (Å²) >= 11 is 0. The fourth-order valence-corrected chi connectivity index (χ4v) is 4.70. The summed E-state index contributed by atoms with van der Waals surface area (Å²) < 4.78 is 39.6. The van der Waals surface area contributed by atoms with E-state index in [1.807, 2.05) is 0 Å². The van der Waals surface area contributed by atoms with Gasteiger partial charge in [-0.1, -0.05) is 6.92 Å². The van der Waals surface area contributed by atoms with Crippen LogP contribution in [0.15, 0.2) is 24.5 Å². The summed E-state index contributed by atoms with van der Waals surface area (Å²) in [6, 6.07) is 2.20. The SMILES string of the molecule is CCC(=O)N[C@@H]1C[C@H](N)CC[C@@H]1N1CC[C@H](Nc2ncnc3ccc(C(F)(F)F)cc23)C1=O. The molecule has 1 aliphatic heterocycles. The predicted octanol–water partition coefficient (Wildman–Crippen LogP) is 2.44. The molecule has 2 aromatic rings. The molecule has 11 heteroatoms. The Labute approximate surface area is 189 Å². The third kappa shape index (κ3) is 4.87. The predicted molar refractivity (Wildman–Crippen MR) is 116 cm³/mol. The third-order valence-corrected chi connectivity index (χ3v) is 6.44. The molecular weight excluding hydrogens is 437 g/mol. The highest BCUT2D eigenvalue weighted by molar-refractivity contribution is 5.93. The monoisotopic (exact) mass is 464 g/mol. The van der Waals surface area contributed by atoms with E-state index in [9.17, 15) is 22.8 Å². The lowest BCUT2D eigenvalue weighted by Gasteiger charge is -2.40. The van der Waals surface area contributed by atoms with Crippen molar-refractivity contribution in [2.45, 2.75) is 69.4 Å². The number of anilines is 1. The summed E-state index contributed by atoms with van der Waals surface area (Å²) in [6.07, 6.45) is -0.400. The number of aromatic nitrogens is 2. The maximum Gasteiger partial charge on any atom is 0.416 e. The zero-order valence-corrected chi connectivity index (χ0v) is 18.2. The van der Waals surface area contributed by atoms with Gasteiger partial charge in [-0.2, -0.15) is 13.2 Å². The van der Waals surface area contributed by atoms with E-state index in [0.29, 0.717) is 37.7 Å². The van der Waals surface area contributed by atoms with Crippen molar-refractivity contribution >= 4 is 28.5 Å². The molecule has 0 unspecified atom stereocenters. The molecule has 0 spiro atoms. The zero-order valence-electron chi connectivity index (χ0n) is 18.2. The van der Waals surface area contributed by atoms with Crippen LogP contribution in [-0.2, 0) is 15.8 Å². The van der Waals surface area contributed by atoms with E-state index in [2.05, 4.69) is 20.6 Å². The van der Waals surface area contributed by atoms with Crippen LogP contribution in [0, 0.1) is 0 Å². The number of fused-ring (bicyclic) bond motifs is 1. The van der Waals surface area contributed by atoms with Gasteiger partial charge in [0.25, 0.3) is 0 Å². The molecule has 178 valence electrons.